The van der Waals surface area contributed by atoms with Crippen molar-refractivity contribution in [1.29, 1.82) is 0 Å². The van der Waals surface area contributed by atoms with Crippen molar-refractivity contribution >= 4 is 15.7 Å². The van der Waals surface area contributed by atoms with Gasteiger partial charge in [0.2, 0.25) is 10.0 Å². The molecule has 0 aliphatic heterocycles. The van der Waals surface area contributed by atoms with E-state index in [4.69, 9.17) is 5.73 Å². The van der Waals surface area contributed by atoms with Crippen LogP contribution in [0.1, 0.15) is 16.8 Å². The Balaban J connectivity index is 2.13. The number of rotatable bonds is 5. The summed E-state index contributed by atoms with van der Waals surface area (Å²) in [5, 5.41) is 0. The van der Waals surface area contributed by atoms with Gasteiger partial charge in [-0.15, -0.1) is 0 Å². The molecule has 0 unspecified atom stereocenters. The van der Waals surface area contributed by atoms with Crippen molar-refractivity contribution in [2.45, 2.75) is 19.2 Å². The van der Waals surface area contributed by atoms with Crippen LogP contribution in [-0.2, 0) is 22.3 Å². The minimum Gasteiger partial charge on any atom is -0.326 e. The number of nitrogens with two attached hydrogens (primary N) is 1. The second-order valence-electron chi connectivity index (χ2n) is 4.52. The van der Waals surface area contributed by atoms with Gasteiger partial charge in [-0.05, 0) is 30.2 Å². The predicted octanol–water partition coefficient (Wildman–Crippen LogP) is 1.79. The third kappa shape index (κ3) is 3.79. The number of hydrogen-bond donors (Lipinski definition) is 2. The molecule has 0 amide bonds. The molecule has 0 aliphatic rings. The average molecular weight is 291 g/mol. The van der Waals surface area contributed by atoms with Gasteiger partial charge >= 0.3 is 0 Å². The molecular formula is C14H17N3O2S. The molecule has 1 heterocycles. The Morgan fingerprint density at radius 1 is 1.15 bits per heavy atom. The van der Waals surface area contributed by atoms with E-state index in [-0.39, 0.29) is 5.75 Å². The first kappa shape index (κ1) is 14.5. The molecule has 1 aromatic heterocycles. The lowest BCUT2D eigenvalue weighted by molar-refractivity contribution is 0.600. The van der Waals surface area contributed by atoms with E-state index in [0.29, 0.717) is 17.9 Å². The number of anilines is 1. The predicted molar refractivity (Wildman–Crippen MR) is 79.6 cm³/mol. The molecule has 0 aliphatic carbocycles. The van der Waals surface area contributed by atoms with Crippen LogP contribution >= 0.6 is 0 Å². The highest BCUT2D eigenvalue weighted by atomic mass is 32.2. The van der Waals surface area contributed by atoms with Gasteiger partial charge in [0, 0.05) is 12.7 Å². The number of hydrogen-bond acceptors (Lipinski definition) is 4. The molecule has 0 saturated heterocycles. The van der Waals surface area contributed by atoms with Gasteiger partial charge in [-0.3, -0.25) is 9.71 Å². The van der Waals surface area contributed by atoms with Gasteiger partial charge in [0.05, 0.1) is 17.1 Å². The summed E-state index contributed by atoms with van der Waals surface area (Å²) in [5.74, 6) is -0.0772. The molecule has 0 atom stereocenters. The van der Waals surface area contributed by atoms with Crippen LogP contribution in [0.2, 0.25) is 0 Å². The van der Waals surface area contributed by atoms with Crippen LogP contribution in [-0.4, -0.2) is 13.4 Å². The fourth-order valence-corrected chi connectivity index (χ4v) is 3.04. The second kappa shape index (κ2) is 6.02. The number of benzene rings is 1. The molecule has 3 N–H and O–H groups in total. The summed E-state index contributed by atoms with van der Waals surface area (Å²) < 4.78 is 26.8. The van der Waals surface area contributed by atoms with E-state index in [0.717, 1.165) is 11.1 Å². The van der Waals surface area contributed by atoms with Crippen molar-refractivity contribution in [3.8, 4) is 0 Å². The summed E-state index contributed by atoms with van der Waals surface area (Å²) in [4.78, 5) is 4.05. The minimum atomic E-state index is -3.45. The van der Waals surface area contributed by atoms with E-state index in [1.807, 2.05) is 12.1 Å². The SMILES string of the molecule is Cc1ncccc1NS(=O)(=O)Cc1ccc(CN)cc1. The minimum absolute atomic E-state index is 0.0772. The highest BCUT2D eigenvalue weighted by Crippen LogP contribution is 2.15. The number of nitrogens with one attached hydrogen (secondary N) is 1. The van der Waals surface area contributed by atoms with Crippen molar-refractivity contribution < 1.29 is 8.42 Å². The molecule has 0 saturated carbocycles. The molecule has 20 heavy (non-hydrogen) atoms. The summed E-state index contributed by atoms with van der Waals surface area (Å²) in [5.41, 5.74) is 8.35. The molecule has 0 bridgehead atoms. The van der Waals surface area contributed by atoms with Crippen molar-refractivity contribution in [3.05, 3.63) is 59.4 Å². The number of nitrogens with zero attached hydrogens (tertiary/aromatic N) is 1. The van der Waals surface area contributed by atoms with Gasteiger partial charge in [0.1, 0.15) is 0 Å². The Morgan fingerprint density at radius 3 is 2.40 bits per heavy atom. The topological polar surface area (TPSA) is 85.1 Å². The number of sulfonamides is 1. The molecule has 5 nitrogen and oxygen atoms in total. The Kier molecular flexibility index (Phi) is 4.36. The Labute approximate surface area is 118 Å². The van der Waals surface area contributed by atoms with E-state index in [2.05, 4.69) is 9.71 Å². The summed E-state index contributed by atoms with van der Waals surface area (Å²) in [7, 11) is -3.45. The van der Waals surface area contributed by atoms with E-state index in [1.165, 1.54) is 0 Å². The number of pyridine rings is 1. The van der Waals surface area contributed by atoms with Crippen LogP contribution in [0.4, 0.5) is 5.69 Å². The quantitative estimate of drug-likeness (QED) is 0.879. The van der Waals surface area contributed by atoms with Crippen LogP contribution in [0.15, 0.2) is 42.6 Å². The fraction of sp³-hybridized carbons (Fsp3) is 0.214. The Morgan fingerprint density at radius 2 is 1.80 bits per heavy atom. The normalized spacial score (nSPS) is 11.3. The standard InChI is InChI=1S/C14H17N3O2S/c1-11-14(3-2-8-16-11)17-20(18,19)10-13-6-4-12(9-15)5-7-13/h2-8,17H,9-10,15H2,1H3. The highest BCUT2D eigenvalue weighted by Gasteiger charge is 2.13. The van der Waals surface area contributed by atoms with Crippen LogP contribution in [0.25, 0.3) is 0 Å². The van der Waals surface area contributed by atoms with E-state index >= 15 is 0 Å². The third-order valence-electron chi connectivity index (χ3n) is 2.89. The maximum atomic E-state index is 12.1. The highest BCUT2D eigenvalue weighted by molar-refractivity contribution is 7.91. The van der Waals surface area contributed by atoms with Crippen LogP contribution in [0.3, 0.4) is 0 Å². The zero-order valence-electron chi connectivity index (χ0n) is 11.2. The van der Waals surface area contributed by atoms with Gasteiger partial charge in [0.25, 0.3) is 0 Å². The van der Waals surface area contributed by atoms with E-state index in [1.54, 1.807) is 37.4 Å². The molecule has 106 valence electrons. The first-order chi connectivity index (χ1) is 9.50. The molecular weight excluding hydrogens is 274 g/mol. The van der Waals surface area contributed by atoms with Crippen molar-refractivity contribution in [2.75, 3.05) is 4.72 Å². The smallest absolute Gasteiger partial charge is 0.236 e. The van der Waals surface area contributed by atoms with Crippen LogP contribution in [0.5, 0.6) is 0 Å². The van der Waals surface area contributed by atoms with Crippen LogP contribution in [0, 0.1) is 6.92 Å². The molecule has 1 aromatic carbocycles. The lowest BCUT2D eigenvalue weighted by Crippen LogP contribution is -2.16. The number of aromatic nitrogens is 1. The molecule has 0 fully saturated rings. The van der Waals surface area contributed by atoms with Crippen LogP contribution < -0.4 is 10.5 Å². The first-order valence-electron chi connectivity index (χ1n) is 6.20. The molecule has 2 aromatic rings. The van der Waals surface area contributed by atoms with Crippen molar-refractivity contribution in [3.63, 3.8) is 0 Å². The largest absolute Gasteiger partial charge is 0.326 e. The lowest BCUT2D eigenvalue weighted by Gasteiger charge is -2.10. The Hall–Kier alpha value is -1.92. The molecule has 0 radical (unpaired) electrons. The maximum absolute atomic E-state index is 12.1. The third-order valence-corrected chi connectivity index (χ3v) is 4.13. The van der Waals surface area contributed by atoms with E-state index in [9.17, 15) is 8.42 Å². The van der Waals surface area contributed by atoms with Gasteiger partial charge in [0.15, 0.2) is 0 Å². The lowest BCUT2D eigenvalue weighted by atomic mass is 10.1. The summed E-state index contributed by atoms with van der Waals surface area (Å²) in [6.45, 7) is 2.20. The summed E-state index contributed by atoms with van der Waals surface area (Å²) in [6, 6.07) is 10.6. The monoisotopic (exact) mass is 291 g/mol. The van der Waals surface area contributed by atoms with Gasteiger partial charge in [-0.25, -0.2) is 8.42 Å². The summed E-state index contributed by atoms with van der Waals surface area (Å²) in [6.07, 6.45) is 1.62. The zero-order valence-corrected chi connectivity index (χ0v) is 12.0. The molecule has 2 rings (SSSR count). The maximum Gasteiger partial charge on any atom is 0.236 e. The Bertz CT molecular complexity index is 682. The first-order valence-corrected chi connectivity index (χ1v) is 7.85. The molecule has 0 spiro atoms. The van der Waals surface area contributed by atoms with Crippen molar-refractivity contribution in [2.24, 2.45) is 5.73 Å². The van der Waals surface area contributed by atoms with Crippen molar-refractivity contribution in [1.82, 2.24) is 4.98 Å². The second-order valence-corrected chi connectivity index (χ2v) is 6.24. The fourth-order valence-electron chi connectivity index (χ4n) is 1.79. The van der Waals surface area contributed by atoms with Gasteiger partial charge in [-0.2, -0.15) is 0 Å². The van der Waals surface area contributed by atoms with E-state index < -0.39 is 10.0 Å². The summed E-state index contributed by atoms with van der Waals surface area (Å²) >= 11 is 0. The zero-order chi connectivity index (χ0) is 14.6. The van der Waals surface area contributed by atoms with Gasteiger partial charge < -0.3 is 5.73 Å². The molecule has 6 heteroatoms. The average Bonchev–Trinajstić information content (AvgIpc) is 2.41. The number of aryl methyl sites for hydroxylation is 1. The van der Waals surface area contributed by atoms with Gasteiger partial charge in [-0.1, -0.05) is 24.3 Å².